The van der Waals surface area contributed by atoms with Gasteiger partial charge in [-0.05, 0) is 19.1 Å². The van der Waals surface area contributed by atoms with Crippen LogP contribution in [0.15, 0.2) is 30.3 Å². The number of hydrogen-bond donors (Lipinski definition) is 1. The SMILES string of the molecule is COCC(C)NC(=O)c1ccccc1Oc1nc(OC)cc(OC)n1. The number of benzene rings is 1. The maximum Gasteiger partial charge on any atom is 0.328 e. The summed E-state index contributed by atoms with van der Waals surface area (Å²) in [5, 5.41) is 2.83. The largest absolute Gasteiger partial charge is 0.481 e. The number of nitrogens with zero attached hydrogens (tertiary/aromatic N) is 2. The molecule has 1 aromatic carbocycles. The molecule has 0 spiro atoms. The molecule has 25 heavy (non-hydrogen) atoms. The summed E-state index contributed by atoms with van der Waals surface area (Å²) in [5.41, 5.74) is 0.357. The molecule has 2 aromatic rings. The lowest BCUT2D eigenvalue weighted by Gasteiger charge is -2.15. The van der Waals surface area contributed by atoms with Gasteiger partial charge < -0.3 is 24.3 Å². The summed E-state index contributed by atoms with van der Waals surface area (Å²) in [4.78, 5) is 20.6. The zero-order chi connectivity index (χ0) is 18.2. The van der Waals surface area contributed by atoms with Crippen molar-refractivity contribution < 1.29 is 23.7 Å². The van der Waals surface area contributed by atoms with E-state index in [2.05, 4.69) is 15.3 Å². The van der Waals surface area contributed by atoms with E-state index in [-0.39, 0.29) is 29.7 Å². The molecule has 8 nitrogen and oxygen atoms in total. The Morgan fingerprint density at radius 2 is 1.76 bits per heavy atom. The summed E-state index contributed by atoms with van der Waals surface area (Å²) in [5.74, 6) is 0.616. The second kappa shape index (κ2) is 8.84. The van der Waals surface area contributed by atoms with E-state index in [0.717, 1.165) is 0 Å². The average molecular weight is 347 g/mol. The van der Waals surface area contributed by atoms with Crippen LogP contribution >= 0.6 is 0 Å². The monoisotopic (exact) mass is 347 g/mol. The van der Waals surface area contributed by atoms with Crippen molar-refractivity contribution in [1.29, 1.82) is 0 Å². The van der Waals surface area contributed by atoms with Gasteiger partial charge in [-0.2, -0.15) is 9.97 Å². The van der Waals surface area contributed by atoms with Crippen molar-refractivity contribution >= 4 is 5.91 Å². The summed E-state index contributed by atoms with van der Waals surface area (Å²) >= 11 is 0. The lowest BCUT2D eigenvalue weighted by molar-refractivity contribution is 0.0903. The highest BCUT2D eigenvalue weighted by molar-refractivity contribution is 5.97. The van der Waals surface area contributed by atoms with E-state index in [1.54, 1.807) is 31.4 Å². The molecule has 1 amide bonds. The van der Waals surface area contributed by atoms with Gasteiger partial charge in [0.25, 0.3) is 5.91 Å². The van der Waals surface area contributed by atoms with Crippen LogP contribution in [0.5, 0.6) is 23.5 Å². The van der Waals surface area contributed by atoms with Gasteiger partial charge in [0, 0.05) is 13.2 Å². The van der Waals surface area contributed by atoms with Crippen molar-refractivity contribution in [2.75, 3.05) is 27.9 Å². The van der Waals surface area contributed by atoms with Gasteiger partial charge in [0.1, 0.15) is 5.75 Å². The van der Waals surface area contributed by atoms with Crippen LogP contribution in [0.25, 0.3) is 0 Å². The summed E-state index contributed by atoms with van der Waals surface area (Å²) in [6.07, 6.45) is 0. The number of carbonyl (C=O) groups is 1. The third-order valence-electron chi connectivity index (χ3n) is 3.20. The van der Waals surface area contributed by atoms with E-state index in [1.807, 2.05) is 6.92 Å². The number of carbonyl (C=O) groups excluding carboxylic acids is 1. The van der Waals surface area contributed by atoms with Gasteiger partial charge in [0.2, 0.25) is 11.8 Å². The molecule has 1 heterocycles. The predicted octanol–water partition coefficient (Wildman–Crippen LogP) is 2.05. The highest BCUT2D eigenvalue weighted by atomic mass is 16.5. The molecule has 134 valence electrons. The minimum absolute atomic E-state index is 0.0152. The van der Waals surface area contributed by atoms with E-state index < -0.39 is 0 Å². The standard InChI is InChI=1S/C17H21N3O5/c1-11(10-22-2)18-16(21)12-7-5-6-8-13(12)25-17-19-14(23-3)9-15(20-17)24-4/h5-9,11H,10H2,1-4H3,(H,18,21). The molecule has 0 fully saturated rings. The Kier molecular flexibility index (Phi) is 6.53. The van der Waals surface area contributed by atoms with Crippen molar-refractivity contribution in [3.05, 3.63) is 35.9 Å². The number of aromatic nitrogens is 2. The van der Waals surface area contributed by atoms with Crippen molar-refractivity contribution in [3.8, 4) is 23.5 Å². The number of amides is 1. The molecule has 0 radical (unpaired) electrons. The first-order chi connectivity index (χ1) is 12.1. The summed E-state index contributed by atoms with van der Waals surface area (Å²) in [7, 11) is 4.53. The number of ether oxygens (including phenoxy) is 4. The Morgan fingerprint density at radius 1 is 1.12 bits per heavy atom. The van der Waals surface area contributed by atoms with Crippen molar-refractivity contribution in [2.24, 2.45) is 0 Å². The van der Waals surface area contributed by atoms with E-state index >= 15 is 0 Å². The Bertz CT molecular complexity index is 701. The number of rotatable bonds is 8. The zero-order valence-electron chi connectivity index (χ0n) is 14.6. The molecule has 1 N–H and O–H groups in total. The molecule has 1 aromatic heterocycles. The summed E-state index contributed by atoms with van der Waals surface area (Å²) in [6, 6.07) is 8.21. The van der Waals surface area contributed by atoms with Crippen LogP contribution in [-0.2, 0) is 4.74 Å². The van der Waals surface area contributed by atoms with Gasteiger partial charge in [-0.25, -0.2) is 0 Å². The molecule has 0 saturated carbocycles. The van der Waals surface area contributed by atoms with Crippen LogP contribution in [-0.4, -0.2) is 49.9 Å². The molecule has 2 rings (SSSR count). The smallest absolute Gasteiger partial charge is 0.328 e. The predicted molar refractivity (Wildman–Crippen MR) is 90.5 cm³/mol. The normalized spacial score (nSPS) is 11.5. The number of para-hydroxylation sites is 1. The van der Waals surface area contributed by atoms with E-state index in [4.69, 9.17) is 18.9 Å². The Balaban J connectivity index is 2.25. The van der Waals surface area contributed by atoms with Gasteiger partial charge in [0.15, 0.2) is 0 Å². The maximum atomic E-state index is 12.5. The molecule has 0 aliphatic carbocycles. The highest BCUT2D eigenvalue weighted by Crippen LogP contribution is 2.26. The van der Waals surface area contributed by atoms with Gasteiger partial charge in [-0.1, -0.05) is 12.1 Å². The van der Waals surface area contributed by atoms with Crippen LogP contribution in [0.2, 0.25) is 0 Å². The minimum Gasteiger partial charge on any atom is -0.481 e. The molecule has 8 heteroatoms. The first-order valence-electron chi connectivity index (χ1n) is 7.61. The van der Waals surface area contributed by atoms with E-state index in [1.165, 1.54) is 20.3 Å². The molecule has 0 aliphatic rings. The fraction of sp³-hybridized carbons (Fsp3) is 0.353. The van der Waals surface area contributed by atoms with Crippen LogP contribution < -0.4 is 19.5 Å². The fourth-order valence-electron chi connectivity index (χ4n) is 2.07. The van der Waals surface area contributed by atoms with Gasteiger partial charge in [0.05, 0.1) is 32.5 Å². The van der Waals surface area contributed by atoms with Crippen LogP contribution in [0.1, 0.15) is 17.3 Å². The van der Waals surface area contributed by atoms with Gasteiger partial charge >= 0.3 is 6.01 Å². The lowest BCUT2D eigenvalue weighted by Crippen LogP contribution is -2.35. The van der Waals surface area contributed by atoms with Crippen LogP contribution in [0.3, 0.4) is 0 Å². The average Bonchev–Trinajstić information content (AvgIpc) is 2.61. The second-order valence-electron chi connectivity index (χ2n) is 5.16. The number of methoxy groups -OCH3 is 3. The highest BCUT2D eigenvalue weighted by Gasteiger charge is 2.16. The minimum atomic E-state index is -0.282. The number of hydrogen-bond acceptors (Lipinski definition) is 7. The first kappa shape index (κ1) is 18.5. The van der Waals surface area contributed by atoms with Crippen LogP contribution in [0.4, 0.5) is 0 Å². The summed E-state index contributed by atoms with van der Waals surface area (Å²) in [6.45, 7) is 2.26. The molecule has 1 unspecified atom stereocenters. The van der Waals surface area contributed by atoms with Crippen molar-refractivity contribution in [1.82, 2.24) is 15.3 Å². The summed E-state index contributed by atoms with van der Waals surface area (Å²) < 4.78 is 20.9. The molecule has 0 aliphatic heterocycles. The third kappa shape index (κ3) is 5.05. The van der Waals surface area contributed by atoms with Gasteiger partial charge in [-0.15, -0.1) is 0 Å². The molecular formula is C17H21N3O5. The fourth-order valence-corrected chi connectivity index (χ4v) is 2.07. The molecule has 1 atom stereocenters. The van der Waals surface area contributed by atoms with E-state index in [0.29, 0.717) is 17.9 Å². The molecule has 0 bridgehead atoms. The number of nitrogens with one attached hydrogen (secondary N) is 1. The lowest BCUT2D eigenvalue weighted by atomic mass is 10.2. The Labute approximate surface area is 146 Å². The molecular weight excluding hydrogens is 326 g/mol. The van der Waals surface area contributed by atoms with Crippen molar-refractivity contribution in [3.63, 3.8) is 0 Å². The Morgan fingerprint density at radius 3 is 2.36 bits per heavy atom. The third-order valence-corrected chi connectivity index (χ3v) is 3.20. The Hall–Kier alpha value is -2.87. The van der Waals surface area contributed by atoms with Crippen LogP contribution in [0, 0.1) is 0 Å². The van der Waals surface area contributed by atoms with Crippen molar-refractivity contribution in [2.45, 2.75) is 13.0 Å². The maximum absolute atomic E-state index is 12.5. The first-order valence-corrected chi connectivity index (χ1v) is 7.61. The van der Waals surface area contributed by atoms with E-state index in [9.17, 15) is 4.79 Å². The second-order valence-corrected chi connectivity index (χ2v) is 5.16. The quantitative estimate of drug-likeness (QED) is 0.781. The topological polar surface area (TPSA) is 91.8 Å². The van der Waals surface area contributed by atoms with Gasteiger partial charge in [-0.3, -0.25) is 4.79 Å². The molecule has 0 saturated heterocycles. The zero-order valence-corrected chi connectivity index (χ0v) is 14.6.